The number of carbonyl (C=O) groups excluding carboxylic acids is 1. The van der Waals surface area contributed by atoms with E-state index in [1.165, 1.54) is 40.3 Å². The molecule has 0 atom stereocenters. The predicted molar refractivity (Wildman–Crippen MR) is 131 cm³/mol. The van der Waals surface area contributed by atoms with Crippen molar-refractivity contribution in [1.82, 2.24) is 14.3 Å². The molecule has 4 aromatic rings. The lowest BCUT2D eigenvalue weighted by Crippen LogP contribution is -2.40. The van der Waals surface area contributed by atoms with Crippen LogP contribution in [0.25, 0.3) is 11.0 Å². The molecule has 1 fully saturated rings. The summed E-state index contributed by atoms with van der Waals surface area (Å²) in [6.07, 6.45) is 0. The maximum atomic E-state index is 12.7. The molecule has 3 aromatic carbocycles. The number of para-hydroxylation sites is 2. The minimum atomic E-state index is -3.59. The van der Waals surface area contributed by atoms with Crippen LogP contribution in [0.4, 0.5) is 5.69 Å². The van der Waals surface area contributed by atoms with Crippen LogP contribution >= 0.6 is 11.8 Å². The van der Waals surface area contributed by atoms with Crippen molar-refractivity contribution < 1.29 is 17.9 Å². The van der Waals surface area contributed by atoms with E-state index in [-0.39, 0.29) is 10.8 Å². The zero-order valence-corrected chi connectivity index (χ0v) is 19.7. The molecule has 1 amide bonds. The van der Waals surface area contributed by atoms with E-state index in [0.717, 1.165) is 21.1 Å². The number of nitrogens with zero attached hydrogens (tertiary/aromatic N) is 2. The Morgan fingerprint density at radius 1 is 0.971 bits per heavy atom. The second kappa shape index (κ2) is 9.59. The van der Waals surface area contributed by atoms with Crippen LogP contribution in [0.3, 0.4) is 0 Å². The Hall–Kier alpha value is -3.18. The minimum Gasteiger partial charge on any atom is -0.379 e. The molecule has 174 valence electrons. The largest absolute Gasteiger partial charge is 0.379 e. The third kappa shape index (κ3) is 4.85. The summed E-state index contributed by atoms with van der Waals surface area (Å²) in [6.45, 7) is 1.43. The number of fused-ring (bicyclic) bond motifs is 1. The van der Waals surface area contributed by atoms with Crippen molar-refractivity contribution in [1.29, 1.82) is 0 Å². The SMILES string of the molecule is O=C(Nc1ccc(Sc2nc3ccccc3[nH]2)cc1)c1ccc(S(=O)(=O)N2CCOCC2)cc1. The maximum Gasteiger partial charge on any atom is 0.255 e. The molecule has 0 unspecified atom stereocenters. The lowest BCUT2D eigenvalue weighted by atomic mass is 10.2. The first-order chi connectivity index (χ1) is 16.5. The maximum absolute atomic E-state index is 12.7. The van der Waals surface area contributed by atoms with Gasteiger partial charge in [-0.05, 0) is 60.7 Å². The summed E-state index contributed by atoms with van der Waals surface area (Å²) >= 11 is 1.50. The van der Waals surface area contributed by atoms with Gasteiger partial charge in [0.2, 0.25) is 10.0 Å². The molecule has 1 aromatic heterocycles. The van der Waals surface area contributed by atoms with Gasteiger partial charge in [0.05, 0.1) is 29.1 Å². The number of amides is 1. The number of nitrogens with one attached hydrogen (secondary N) is 2. The Morgan fingerprint density at radius 3 is 2.38 bits per heavy atom. The molecule has 0 radical (unpaired) electrons. The Labute approximate surface area is 201 Å². The van der Waals surface area contributed by atoms with Gasteiger partial charge in [-0.1, -0.05) is 23.9 Å². The van der Waals surface area contributed by atoms with Gasteiger partial charge in [-0.3, -0.25) is 4.79 Å². The summed E-state index contributed by atoms with van der Waals surface area (Å²) in [4.78, 5) is 21.6. The Morgan fingerprint density at radius 2 is 1.68 bits per heavy atom. The number of aromatic amines is 1. The van der Waals surface area contributed by atoms with Crippen LogP contribution in [0.2, 0.25) is 0 Å². The van der Waals surface area contributed by atoms with Gasteiger partial charge in [0.25, 0.3) is 5.91 Å². The van der Waals surface area contributed by atoms with Crippen molar-refractivity contribution in [2.24, 2.45) is 0 Å². The Kier molecular flexibility index (Phi) is 6.38. The zero-order chi connectivity index (χ0) is 23.5. The number of hydrogen-bond donors (Lipinski definition) is 2. The predicted octanol–water partition coefficient (Wildman–Crippen LogP) is 3.99. The molecule has 2 N–H and O–H groups in total. The first-order valence-corrected chi connectivity index (χ1v) is 13.0. The number of anilines is 1. The normalized spacial score (nSPS) is 14.8. The van der Waals surface area contributed by atoms with Crippen molar-refractivity contribution >= 4 is 44.4 Å². The van der Waals surface area contributed by atoms with E-state index in [9.17, 15) is 13.2 Å². The fourth-order valence-electron chi connectivity index (χ4n) is 3.61. The second-order valence-corrected chi connectivity index (χ2v) is 10.7. The monoisotopic (exact) mass is 494 g/mol. The molecule has 0 bridgehead atoms. The quantitative estimate of drug-likeness (QED) is 0.420. The van der Waals surface area contributed by atoms with Gasteiger partial charge in [-0.25, -0.2) is 13.4 Å². The van der Waals surface area contributed by atoms with E-state index in [4.69, 9.17) is 4.74 Å². The Balaban J connectivity index is 1.22. The molecule has 0 aliphatic carbocycles. The van der Waals surface area contributed by atoms with Crippen LogP contribution in [0, 0.1) is 0 Å². The second-order valence-electron chi connectivity index (χ2n) is 7.68. The summed E-state index contributed by atoms with van der Waals surface area (Å²) in [5.41, 5.74) is 2.92. The molecule has 10 heteroatoms. The number of ether oxygens (including phenoxy) is 1. The molecule has 1 saturated heterocycles. The minimum absolute atomic E-state index is 0.165. The van der Waals surface area contributed by atoms with Crippen molar-refractivity contribution in [3.63, 3.8) is 0 Å². The topological polar surface area (TPSA) is 104 Å². The molecular weight excluding hydrogens is 472 g/mol. The molecule has 34 heavy (non-hydrogen) atoms. The van der Waals surface area contributed by atoms with Crippen LogP contribution in [-0.4, -0.2) is 54.9 Å². The van der Waals surface area contributed by atoms with Crippen LogP contribution in [0.5, 0.6) is 0 Å². The molecule has 5 rings (SSSR count). The number of benzene rings is 3. The standard InChI is InChI=1S/C24H22N4O4S2/c29-23(17-5-11-20(12-6-17)34(30,31)28-13-15-32-16-14-28)25-18-7-9-19(10-8-18)33-24-26-21-3-1-2-4-22(21)27-24/h1-12H,13-16H2,(H,25,29)(H,26,27). The lowest BCUT2D eigenvalue weighted by molar-refractivity contribution is 0.0730. The lowest BCUT2D eigenvalue weighted by Gasteiger charge is -2.26. The van der Waals surface area contributed by atoms with Crippen molar-refractivity contribution in [2.75, 3.05) is 31.6 Å². The van der Waals surface area contributed by atoms with Gasteiger partial charge in [0.15, 0.2) is 5.16 Å². The molecule has 2 heterocycles. The Bertz CT molecular complexity index is 1380. The van der Waals surface area contributed by atoms with Crippen molar-refractivity contribution in [3.05, 3.63) is 78.4 Å². The van der Waals surface area contributed by atoms with Crippen LogP contribution < -0.4 is 5.32 Å². The van der Waals surface area contributed by atoms with Crippen LogP contribution in [-0.2, 0) is 14.8 Å². The third-order valence-electron chi connectivity index (χ3n) is 5.42. The zero-order valence-electron chi connectivity index (χ0n) is 18.1. The van der Waals surface area contributed by atoms with Gasteiger partial charge in [-0.15, -0.1) is 0 Å². The summed E-state index contributed by atoms with van der Waals surface area (Å²) in [5.74, 6) is -0.312. The highest BCUT2D eigenvalue weighted by Gasteiger charge is 2.26. The number of rotatable bonds is 6. The van der Waals surface area contributed by atoms with Gasteiger partial charge >= 0.3 is 0 Å². The fraction of sp³-hybridized carbons (Fsp3) is 0.167. The molecular formula is C24H22N4O4S2. The van der Waals surface area contributed by atoms with E-state index in [1.54, 1.807) is 0 Å². The number of carbonyl (C=O) groups is 1. The van der Waals surface area contributed by atoms with Gasteiger partial charge < -0.3 is 15.0 Å². The van der Waals surface area contributed by atoms with Gasteiger partial charge in [-0.2, -0.15) is 4.31 Å². The van der Waals surface area contributed by atoms with Crippen LogP contribution in [0.15, 0.2) is 87.7 Å². The highest BCUT2D eigenvalue weighted by Crippen LogP contribution is 2.28. The van der Waals surface area contributed by atoms with E-state index in [1.807, 2.05) is 48.5 Å². The molecule has 0 spiro atoms. The highest BCUT2D eigenvalue weighted by molar-refractivity contribution is 7.99. The summed E-state index contributed by atoms with van der Waals surface area (Å²) in [7, 11) is -3.59. The number of hydrogen-bond acceptors (Lipinski definition) is 6. The molecule has 0 saturated carbocycles. The number of morpholine rings is 1. The van der Waals surface area contributed by atoms with E-state index in [2.05, 4.69) is 15.3 Å². The van der Waals surface area contributed by atoms with Crippen molar-refractivity contribution in [2.45, 2.75) is 14.9 Å². The average molecular weight is 495 g/mol. The smallest absolute Gasteiger partial charge is 0.255 e. The number of imidazole rings is 1. The van der Waals surface area contributed by atoms with Crippen molar-refractivity contribution in [3.8, 4) is 0 Å². The number of H-pyrrole nitrogens is 1. The molecule has 1 aliphatic heterocycles. The molecule has 8 nitrogen and oxygen atoms in total. The highest BCUT2D eigenvalue weighted by atomic mass is 32.2. The van der Waals surface area contributed by atoms with E-state index in [0.29, 0.717) is 37.6 Å². The number of aromatic nitrogens is 2. The average Bonchev–Trinajstić information content (AvgIpc) is 3.28. The van der Waals surface area contributed by atoms with Gasteiger partial charge in [0, 0.05) is 29.2 Å². The summed E-state index contributed by atoms with van der Waals surface area (Å²) < 4.78 is 32.1. The third-order valence-corrected chi connectivity index (χ3v) is 8.23. The first kappa shape index (κ1) is 22.6. The van der Waals surface area contributed by atoms with Gasteiger partial charge in [0.1, 0.15) is 0 Å². The number of sulfonamides is 1. The first-order valence-electron chi connectivity index (χ1n) is 10.7. The molecule has 1 aliphatic rings. The fourth-order valence-corrected chi connectivity index (χ4v) is 5.82. The summed E-state index contributed by atoms with van der Waals surface area (Å²) in [5, 5.41) is 3.64. The van der Waals surface area contributed by atoms with E-state index >= 15 is 0 Å². The van der Waals surface area contributed by atoms with Crippen LogP contribution in [0.1, 0.15) is 10.4 Å². The summed E-state index contributed by atoms with van der Waals surface area (Å²) in [6, 6.07) is 21.3. The van der Waals surface area contributed by atoms with E-state index < -0.39 is 10.0 Å².